The molecule has 0 atom stereocenters. The number of aryl methyl sites for hydroxylation is 2. The van der Waals surface area contributed by atoms with Gasteiger partial charge in [0, 0.05) is 5.75 Å². The van der Waals surface area contributed by atoms with Crippen LogP contribution >= 0.6 is 11.8 Å². The smallest absolute Gasteiger partial charge is 0.214 e. The van der Waals surface area contributed by atoms with Gasteiger partial charge in [0.05, 0.1) is 13.7 Å². The van der Waals surface area contributed by atoms with Gasteiger partial charge in [0.2, 0.25) is 5.16 Å². The van der Waals surface area contributed by atoms with Crippen molar-refractivity contribution in [2.45, 2.75) is 25.4 Å². The number of hydrogen-bond donors (Lipinski definition) is 0. The van der Waals surface area contributed by atoms with Crippen LogP contribution in [0.15, 0.2) is 47.6 Å². The zero-order valence-corrected chi connectivity index (χ0v) is 16.0. The van der Waals surface area contributed by atoms with Gasteiger partial charge in [0.1, 0.15) is 17.2 Å². The molecule has 0 aliphatic rings. The van der Waals surface area contributed by atoms with Crippen molar-refractivity contribution < 1.29 is 9.47 Å². The van der Waals surface area contributed by atoms with E-state index in [1.54, 1.807) is 23.6 Å². The summed E-state index contributed by atoms with van der Waals surface area (Å²) in [6.07, 6.45) is 0.900. The molecule has 0 N–H and O–H groups in total. The molecule has 7 heteroatoms. The van der Waals surface area contributed by atoms with Gasteiger partial charge in [-0.05, 0) is 60.0 Å². The summed E-state index contributed by atoms with van der Waals surface area (Å²) >= 11 is 1.60. The van der Waals surface area contributed by atoms with Crippen LogP contribution < -0.4 is 9.47 Å². The van der Waals surface area contributed by atoms with E-state index in [1.807, 2.05) is 24.3 Å². The third-order valence-electron chi connectivity index (χ3n) is 3.88. The SMILES string of the molecule is COc1ccccc1-n1nnnc1SCCCOc1cc(C)ccc1C. The zero-order chi connectivity index (χ0) is 18.4. The second-order valence-corrected chi connectivity index (χ2v) is 6.93. The molecular weight excluding hydrogens is 348 g/mol. The van der Waals surface area contributed by atoms with Crippen LogP contribution in [0.1, 0.15) is 17.5 Å². The number of para-hydroxylation sites is 2. The van der Waals surface area contributed by atoms with Crippen LogP contribution in [0.4, 0.5) is 0 Å². The molecule has 0 saturated carbocycles. The number of ether oxygens (including phenoxy) is 2. The number of hydrogen-bond acceptors (Lipinski definition) is 6. The molecule has 0 saturated heterocycles. The van der Waals surface area contributed by atoms with Crippen molar-refractivity contribution in [2.24, 2.45) is 0 Å². The number of rotatable bonds is 8. The van der Waals surface area contributed by atoms with Crippen molar-refractivity contribution in [3.63, 3.8) is 0 Å². The highest BCUT2D eigenvalue weighted by Gasteiger charge is 2.12. The number of methoxy groups -OCH3 is 1. The predicted molar refractivity (Wildman–Crippen MR) is 102 cm³/mol. The lowest BCUT2D eigenvalue weighted by Gasteiger charge is -2.10. The maximum atomic E-state index is 5.90. The summed E-state index contributed by atoms with van der Waals surface area (Å²) in [5, 5.41) is 12.7. The summed E-state index contributed by atoms with van der Waals surface area (Å²) in [6, 6.07) is 13.9. The minimum Gasteiger partial charge on any atom is -0.494 e. The van der Waals surface area contributed by atoms with Crippen LogP contribution in [0.3, 0.4) is 0 Å². The predicted octanol–water partition coefficient (Wildman–Crippen LogP) is 3.85. The Balaban J connectivity index is 1.55. The third kappa shape index (κ3) is 4.35. The van der Waals surface area contributed by atoms with E-state index >= 15 is 0 Å². The highest BCUT2D eigenvalue weighted by atomic mass is 32.2. The molecule has 0 spiro atoms. The average Bonchev–Trinajstić information content (AvgIpc) is 3.12. The zero-order valence-electron chi connectivity index (χ0n) is 15.2. The lowest BCUT2D eigenvalue weighted by molar-refractivity contribution is 0.316. The Labute approximate surface area is 157 Å². The molecule has 0 bridgehead atoms. The molecule has 0 radical (unpaired) electrons. The second-order valence-electron chi connectivity index (χ2n) is 5.86. The first-order chi connectivity index (χ1) is 12.7. The Morgan fingerprint density at radius 3 is 2.77 bits per heavy atom. The summed E-state index contributed by atoms with van der Waals surface area (Å²) in [5.41, 5.74) is 3.19. The van der Waals surface area contributed by atoms with Crippen LogP contribution in [0.5, 0.6) is 11.5 Å². The molecular formula is C19H22N4O2S. The highest BCUT2D eigenvalue weighted by Crippen LogP contribution is 2.26. The summed E-state index contributed by atoms with van der Waals surface area (Å²) in [6.45, 7) is 4.79. The summed E-state index contributed by atoms with van der Waals surface area (Å²) in [4.78, 5) is 0. The van der Waals surface area contributed by atoms with Crippen molar-refractivity contribution >= 4 is 11.8 Å². The van der Waals surface area contributed by atoms with Crippen molar-refractivity contribution in [3.05, 3.63) is 53.6 Å². The van der Waals surface area contributed by atoms with Crippen molar-refractivity contribution in [3.8, 4) is 17.2 Å². The van der Waals surface area contributed by atoms with Gasteiger partial charge in [-0.25, -0.2) is 0 Å². The van der Waals surface area contributed by atoms with Crippen LogP contribution in [-0.4, -0.2) is 39.7 Å². The second kappa shape index (κ2) is 8.71. The Kier molecular flexibility index (Phi) is 6.12. The fourth-order valence-corrected chi connectivity index (χ4v) is 3.29. The molecule has 1 aromatic heterocycles. The monoisotopic (exact) mass is 370 g/mol. The van der Waals surface area contributed by atoms with E-state index < -0.39 is 0 Å². The molecule has 0 amide bonds. The lowest BCUT2D eigenvalue weighted by atomic mass is 10.1. The largest absolute Gasteiger partial charge is 0.494 e. The van der Waals surface area contributed by atoms with Crippen molar-refractivity contribution in [1.82, 2.24) is 20.2 Å². The van der Waals surface area contributed by atoms with Gasteiger partial charge in [-0.1, -0.05) is 36.0 Å². The van der Waals surface area contributed by atoms with Gasteiger partial charge in [0.25, 0.3) is 0 Å². The fourth-order valence-electron chi connectivity index (χ4n) is 2.49. The van der Waals surface area contributed by atoms with E-state index in [9.17, 15) is 0 Å². The minimum absolute atomic E-state index is 0.660. The van der Waals surface area contributed by atoms with Crippen molar-refractivity contribution in [1.29, 1.82) is 0 Å². The van der Waals surface area contributed by atoms with E-state index in [2.05, 4.69) is 47.6 Å². The Morgan fingerprint density at radius 2 is 1.92 bits per heavy atom. The molecule has 0 fully saturated rings. The number of aromatic nitrogens is 4. The molecule has 2 aromatic carbocycles. The molecule has 1 heterocycles. The molecule has 6 nitrogen and oxygen atoms in total. The highest BCUT2D eigenvalue weighted by molar-refractivity contribution is 7.99. The van der Waals surface area contributed by atoms with E-state index in [0.717, 1.165) is 40.1 Å². The quantitative estimate of drug-likeness (QED) is 0.443. The van der Waals surface area contributed by atoms with E-state index in [4.69, 9.17) is 9.47 Å². The topological polar surface area (TPSA) is 62.1 Å². The standard InChI is InChI=1S/C19H22N4O2S/c1-14-9-10-15(2)18(13-14)25-11-6-12-26-19-20-21-22-23(19)16-7-4-5-8-17(16)24-3/h4-5,7-10,13H,6,11-12H2,1-3H3. The molecule has 0 aliphatic carbocycles. The first-order valence-electron chi connectivity index (χ1n) is 8.43. The van der Waals surface area contributed by atoms with E-state index in [0.29, 0.717) is 6.61 Å². The Morgan fingerprint density at radius 1 is 1.08 bits per heavy atom. The summed E-state index contributed by atoms with van der Waals surface area (Å²) in [5.74, 6) is 2.55. The number of tetrazole rings is 1. The molecule has 0 unspecified atom stereocenters. The average molecular weight is 370 g/mol. The van der Waals surface area contributed by atoms with Gasteiger partial charge < -0.3 is 9.47 Å². The maximum absolute atomic E-state index is 5.90. The van der Waals surface area contributed by atoms with Gasteiger partial charge in [-0.2, -0.15) is 4.68 Å². The number of nitrogens with zero attached hydrogens (tertiary/aromatic N) is 4. The molecule has 136 valence electrons. The summed E-state index contributed by atoms with van der Waals surface area (Å²) < 4.78 is 13.0. The molecule has 26 heavy (non-hydrogen) atoms. The maximum Gasteiger partial charge on any atom is 0.214 e. The van der Waals surface area contributed by atoms with Gasteiger partial charge >= 0.3 is 0 Å². The van der Waals surface area contributed by atoms with Crippen LogP contribution in [0.2, 0.25) is 0 Å². The van der Waals surface area contributed by atoms with Crippen LogP contribution in [0.25, 0.3) is 5.69 Å². The molecule has 3 aromatic rings. The first-order valence-corrected chi connectivity index (χ1v) is 9.42. The van der Waals surface area contributed by atoms with Crippen molar-refractivity contribution in [2.75, 3.05) is 19.5 Å². The summed E-state index contributed by atoms with van der Waals surface area (Å²) in [7, 11) is 1.64. The van der Waals surface area contributed by atoms with Crippen LogP contribution in [0, 0.1) is 13.8 Å². The normalized spacial score (nSPS) is 10.7. The minimum atomic E-state index is 0.660. The third-order valence-corrected chi connectivity index (χ3v) is 4.88. The van der Waals surface area contributed by atoms with E-state index in [-0.39, 0.29) is 0 Å². The van der Waals surface area contributed by atoms with Gasteiger partial charge in [-0.15, -0.1) is 5.10 Å². The van der Waals surface area contributed by atoms with Gasteiger partial charge in [0.15, 0.2) is 0 Å². The fraction of sp³-hybridized carbons (Fsp3) is 0.316. The molecule has 0 aliphatic heterocycles. The first kappa shape index (κ1) is 18.3. The Hall–Kier alpha value is -2.54. The number of thioether (sulfide) groups is 1. The lowest BCUT2D eigenvalue weighted by Crippen LogP contribution is -2.03. The Bertz CT molecular complexity index is 866. The molecule has 3 rings (SSSR count). The van der Waals surface area contributed by atoms with Crippen LogP contribution in [-0.2, 0) is 0 Å². The number of benzene rings is 2. The van der Waals surface area contributed by atoms with E-state index in [1.165, 1.54) is 5.56 Å². The van der Waals surface area contributed by atoms with Gasteiger partial charge in [-0.3, -0.25) is 0 Å².